The van der Waals surface area contributed by atoms with E-state index in [0.29, 0.717) is 5.92 Å². The number of fused-ring (bicyclic) bond motifs is 2. The number of carbonyl (C=O) groups is 1. The van der Waals surface area contributed by atoms with E-state index in [0.717, 1.165) is 5.71 Å². The lowest BCUT2D eigenvalue weighted by Gasteiger charge is -2.34. The van der Waals surface area contributed by atoms with E-state index < -0.39 is 6.03 Å². The summed E-state index contributed by atoms with van der Waals surface area (Å²) >= 11 is 0. The summed E-state index contributed by atoms with van der Waals surface area (Å²) in [7, 11) is 0. The first-order valence-electron chi connectivity index (χ1n) is 6.11. The molecule has 4 nitrogen and oxygen atoms in total. The molecular formula is C13H21N3O. The third-order valence-corrected chi connectivity index (χ3v) is 4.90. The molecule has 0 aromatic heterocycles. The van der Waals surface area contributed by atoms with Gasteiger partial charge in [0.25, 0.3) is 0 Å². The van der Waals surface area contributed by atoms with Crippen molar-refractivity contribution in [2.24, 2.45) is 27.6 Å². The predicted molar refractivity (Wildman–Crippen MR) is 68.5 cm³/mol. The number of carbonyl (C=O) groups excluding carboxylic acids is 1. The average Bonchev–Trinajstić information content (AvgIpc) is 2.57. The molecule has 4 heteroatoms. The molecule has 0 radical (unpaired) electrons. The standard InChI is InChI=1S/C13H21N3O/c1-8(15-16-11(14)17)9-7-13(4)6-5-10(9)12(13,2)3/h7,10H,5-6H2,1-4H3,(H3,14,16,17). The van der Waals surface area contributed by atoms with Gasteiger partial charge in [-0.05, 0) is 42.1 Å². The molecule has 1 saturated carbocycles. The molecule has 0 saturated heterocycles. The lowest BCUT2D eigenvalue weighted by Crippen LogP contribution is -2.28. The van der Waals surface area contributed by atoms with E-state index in [2.05, 4.69) is 37.4 Å². The summed E-state index contributed by atoms with van der Waals surface area (Å²) in [5.74, 6) is 0.547. The Balaban J connectivity index is 2.26. The second-order valence-electron chi connectivity index (χ2n) is 6.00. The number of nitrogens with one attached hydrogen (secondary N) is 1. The molecule has 0 heterocycles. The van der Waals surface area contributed by atoms with Gasteiger partial charge in [-0.3, -0.25) is 0 Å². The summed E-state index contributed by atoms with van der Waals surface area (Å²) in [6, 6.07) is -0.612. The van der Waals surface area contributed by atoms with Crippen LogP contribution in [0.4, 0.5) is 4.79 Å². The van der Waals surface area contributed by atoms with Crippen LogP contribution in [0.1, 0.15) is 40.5 Å². The van der Waals surface area contributed by atoms with Crippen molar-refractivity contribution in [3.63, 3.8) is 0 Å². The van der Waals surface area contributed by atoms with E-state index in [4.69, 9.17) is 5.73 Å². The first-order chi connectivity index (χ1) is 7.78. The third kappa shape index (κ3) is 1.66. The fourth-order valence-electron chi connectivity index (χ4n) is 3.33. The number of allylic oxidation sites excluding steroid dienone is 2. The Kier molecular flexibility index (Phi) is 2.56. The van der Waals surface area contributed by atoms with E-state index in [-0.39, 0.29) is 10.8 Å². The van der Waals surface area contributed by atoms with Crippen LogP contribution in [-0.2, 0) is 0 Å². The minimum atomic E-state index is -0.612. The Hall–Kier alpha value is -1.32. The van der Waals surface area contributed by atoms with E-state index in [9.17, 15) is 4.79 Å². The number of primary amides is 1. The van der Waals surface area contributed by atoms with Crippen LogP contribution in [0.3, 0.4) is 0 Å². The zero-order chi connectivity index (χ0) is 12.8. The number of rotatable bonds is 2. The van der Waals surface area contributed by atoms with Crippen molar-refractivity contribution in [2.45, 2.75) is 40.5 Å². The van der Waals surface area contributed by atoms with Crippen molar-refractivity contribution in [3.8, 4) is 0 Å². The summed E-state index contributed by atoms with van der Waals surface area (Å²) in [5.41, 5.74) is 10.0. The summed E-state index contributed by atoms with van der Waals surface area (Å²) in [6.45, 7) is 8.89. The Morgan fingerprint density at radius 3 is 2.59 bits per heavy atom. The Morgan fingerprint density at radius 1 is 1.53 bits per heavy atom. The van der Waals surface area contributed by atoms with Gasteiger partial charge in [0.2, 0.25) is 0 Å². The number of nitrogens with zero attached hydrogens (tertiary/aromatic N) is 1. The monoisotopic (exact) mass is 235 g/mol. The lowest BCUT2D eigenvalue weighted by molar-refractivity contribution is 0.181. The maximum atomic E-state index is 10.7. The van der Waals surface area contributed by atoms with Gasteiger partial charge in [0.1, 0.15) is 0 Å². The molecule has 1 fully saturated rings. The van der Waals surface area contributed by atoms with Crippen molar-refractivity contribution >= 4 is 11.7 Å². The van der Waals surface area contributed by atoms with E-state index in [1.165, 1.54) is 18.4 Å². The summed E-state index contributed by atoms with van der Waals surface area (Å²) in [4.78, 5) is 10.7. The second kappa shape index (κ2) is 3.59. The van der Waals surface area contributed by atoms with Gasteiger partial charge in [-0.25, -0.2) is 10.2 Å². The highest BCUT2D eigenvalue weighted by Gasteiger charge is 2.56. The fraction of sp³-hybridized carbons (Fsp3) is 0.692. The molecule has 3 N–H and O–H groups in total. The molecule has 2 aliphatic carbocycles. The predicted octanol–water partition coefficient (Wildman–Crippen LogP) is 2.41. The largest absolute Gasteiger partial charge is 0.350 e. The zero-order valence-electron chi connectivity index (χ0n) is 11.0. The second-order valence-corrected chi connectivity index (χ2v) is 6.00. The number of hydrazone groups is 1. The Labute approximate surface area is 102 Å². The average molecular weight is 235 g/mol. The lowest BCUT2D eigenvalue weighted by atomic mass is 9.70. The molecule has 2 bridgehead atoms. The first kappa shape index (κ1) is 12.1. The van der Waals surface area contributed by atoms with Crippen LogP contribution < -0.4 is 11.2 Å². The summed E-state index contributed by atoms with van der Waals surface area (Å²) in [5, 5.41) is 4.04. The van der Waals surface area contributed by atoms with E-state index in [1.54, 1.807) is 0 Å². The first-order valence-corrected chi connectivity index (χ1v) is 6.11. The number of urea groups is 1. The molecule has 17 heavy (non-hydrogen) atoms. The highest BCUT2D eigenvalue weighted by atomic mass is 16.2. The Morgan fingerprint density at radius 2 is 2.18 bits per heavy atom. The molecule has 94 valence electrons. The van der Waals surface area contributed by atoms with E-state index >= 15 is 0 Å². The highest BCUT2D eigenvalue weighted by molar-refractivity contribution is 6.00. The van der Waals surface area contributed by atoms with Crippen LogP contribution in [0.2, 0.25) is 0 Å². The summed E-state index contributed by atoms with van der Waals surface area (Å²) in [6.07, 6.45) is 4.78. The van der Waals surface area contributed by atoms with E-state index in [1.807, 2.05) is 6.92 Å². The van der Waals surface area contributed by atoms with Gasteiger partial charge in [-0.1, -0.05) is 26.8 Å². The van der Waals surface area contributed by atoms with Crippen molar-refractivity contribution in [2.75, 3.05) is 0 Å². The van der Waals surface area contributed by atoms with Crippen LogP contribution in [0.15, 0.2) is 16.8 Å². The number of amides is 2. The van der Waals surface area contributed by atoms with Crippen molar-refractivity contribution in [3.05, 3.63) is 11.6 Å². The van der Waals surface area contributed by atoms with Gasteiger partial charge in [-0.15, -0.1) is 0 Å². The SMILES string of the molecule is CC(=NNC(N)=O)C1=CC2(C)CCC1C2(C)C. The quantitative estimate of drug-likeness (QED) is 0.560. The van der Waals surface area contributed by atoms with Gasteiger partial charge < -0.3 is 5.73 Å². The molecule has 0 spiro atoms. The van der Waals surface area contributed by atoms with Crippen LogP contribution in [-0.4, -0.2) is 11.7 Å². The van der Waals surface area contributed by atoms with Crippen LogP contribution in [0.25, 0.3) is 0 Å². The van der Waals surface area contributed by atoms with Crippen molar-refractivity contribution < 1.29 is 4.79 Å². The molecule has 0 aliphatic heterocycles. The maximum absolute atomic E-state index is 10.7. The van der Waals surface area contributed by atoms with Crippen LogP contribution in [0.5, 0.6) is 0 Å². The number of hydrogen-bond donors (Lipinski definition) is 2. The molecule has 2 unspecified atom stereocenters. The number of nitrogens with two attached hydrogens (primary N) is 1. The minimum absolute atomic E-state index is 0.260. The Bertz CT molecular complexity index is 422. The van der Waals surface area contributed by atoms with Crippen LogP contribution in [0, 0.1) is 16.7 Å². The molecule has 2 atom stereocenters. The minimum Gasteiger partial charge on any atom is -0.350 e. The fourth-order valence-corrected chi connectivity index (χ4v) is 3.33. The topological polar surface area (TPSA) is 67.5 Å². The zero-order valence-corrected chi connectivity index (χ0v) is 11.0. The van der Waals surface area contributed by atoms with Gasteiger partial charge in [0, 0.05) is 0 Å². The van der Waals surface area contributed by atoms with Gasteiger partial charge in [0.15, 0.2) is 0 Å². The van der Waals surface area contributed by atoms with Gasteiger partial charge in [-0.2, -0.15) is 5.10 Å². The van der Waals surface area contributed by atoms with Crippen molar-refractivity contribution in [1.29, 1.82) is 0 Å². The molecule has 2 aliphatic rings. The molecule has 0 aromatic rings. The highest BCUT2D eigenvalue weighted by Crippen LogP contribution is 2.64. The van der Waals surface area contributed by atoms with Gasteiger partial charge in [0.05, 0.1) is 5.71 Å². The van der Waals surface area contributed by atoms with Gasteiger partial charge >= 0.3 is 6.03 Å². The molecule has 2 amide bonds. The maximum Gasteiger partial charge on any atom is 0.332 e. The molecule has 0 aromatic carbocycles. The summed E-state index contributed by atoms with van der Waals surface area (Å²) < 4.78 is 0. The smallest absolute Gasteiger partial charge is 0.332 e. The van der Waals surface area contributed by atoms with Crippen LogP contribution >= 0.6 is 0 Å². The van der Waals surface area contributed by atoms with Crippen molar-refractivity contribution in [1.82, 2.24) is 5.43 Å². The molecular weight excluding hydrogens is 214 g/mol. The normalized spacial score (nSPS) is 34.7. The number of hydrogen-bond acceptors (Lipinski definition) is 2. The molecule has 2 rings (SSSR count). The third-order valence-electron chi connectivity index (χ3n) is 4.90.